The minimum absolute atomic E-state index is 0.0152. The summed E-state index contributed by atoms with van der Waals surface area (Å²) in [5, 5.41) is 50.1. The number of aromatic hydroxyl groups is 2. The number of morpholine rings is 1. The Hall–Kier alpha value is -3.96. The van der Waals surface area contributed by atoms with Crippen LogP contribution in [0, 0.1) is 0 Å². The zero-order chi connectivity index (χ0) is 35.6. The minimum Gasteiger partial charge on any atom is -0.507 e. The molecule has 3 saturated heterocycles. The van der Waals surface area contributed by atoms with Gasteiger partial charge in [-0.05, 0) is 19.4 Å². The Morgan fingerprint density at radius 1 is 1.14 bits per heavy atom. The van der Waals surface area contributed by atoms with Gasteiger partial charge in [-0.2, -0.15) is 5.10 Å². The molecule has 3 aliphatic heterocycles. The average Bonchev–Trinajstić information content (AvgIpc) is 3.47. The number of ether oxygens (including phenoxy) is 5. The summed E-state index contributed by atoms with van der Waals surface area (Å²) in [6, 6.07) is 4.37. The van der Waals surface area contributed by atoms with Gasteiger partial charge in [-0.1, -0.05) is 19.1 Å². The Labute approximate surface area is 287 Å². The van der Waals surface area contributed by atoms with Gasteiger partial charge >= 0.3 is 0 Å². The predicted octanol–water partition coefficient (Wildman–Crippen LogP) is 1.44. The number of phenols is 2. The van der Waals surface area contributed by atoms with Gasteiger partial charge in [0.1, 0.15) is 35.2 Å². The van der Waals surface area contributed by atoms with Crippen molar-refractivity contribution < 1.29 is 58.5 Å². The molecule has 3 heterocycles. The number of hydrazone groups is 1. The minimum atomic E-state index is -2.04. The number of nitrogens with zero attached hydrogens (tertiary/aromatic N) is 2. The number of carbonyl (C=O) groups is 3. The Bertz CT molecular complexity index is 1780. The Morgan fingerprint density at radius 2 is 1.90 bits per heavy atom. The van der Waals surface area contributed by atoms with E-state index in [9.17, 15) is 34.8 Å². The van der Waals surface area contributed by atoms with Gasteiger partial charge in [0.25, 0.3) is 0 Å². The van der Waals surface area contributed by atoms with Gasteiger partial charge in [-0.3, -0.25) is 19.3 Å². The van der Waals surface area contributed by atoms with Crippen LogP contribution in [-0.4, -0.2) is 118 Å². The van der Waals surface area contributed by atoms with Crippen molar-refractivity contribution in [3.8, 4) is 17.2 Å². The molecule has 0 radical (unpaired) electrons. The first kappa shape index (κ1) is 34.5. The highest BCUT2D eigenvalue weighted by Gasteiger charge is 2.54. The number of amides is 1. The van der Waals surface area contributed by atoms with Crippen LogP contribution in [0.5, 0.6) is 17.2 Å². The molecule has 0 saturated carbocycles. The zero-order valence-corrected chi connectivity index (χ0v) is 28.2. The summed E-state index contributed by atoms with van der Waals surface area (Å²) in [5.41, 5.74) is -1.09. The monoisotopic (exact) mass is 695 g/mol. The van der Waals surface area contributed by atoms with E-state index in [1.165, 1.54) is 32.2 Å². The smallest absolute Gasteiger partial charge is 0.236 e. The van der Waals surface area contributed by atoms with Crippen molar-refractivity contribution in [2.45, 2.75) is 95.0 Å². The highest BCUT2D eigenvalue weighted by atomic mass is 16.7. The number of aliphatic hydroxyl groups excluding tert-OH is 1. The van der Waals surface area contributed by atoms with E-state index in [1.807, 2.05) is 13.8 Å². The lowest BCUT2D eigenvalue weighted by Crippen LogP contribution is -2.55. The fourth-order valence-electron chi connectivity index (χ4n) is 8.23. The summed E-state index contributed by atoms with van der Waals surface area (Å²) in [6.45, 7) is 5.53. The lowest BCUT2D eigenvalue weighted by molar-refractivity contribution is -0.246. The molecule has 5 N–H and O–H groups in total. The van der Waals surface area contributed by atoms with Crippen LogP contribution in [0.25, 0.3) is 0 Å². The fourth-order valence-corrected chi connectivity index (χ4v) is 8.23. The molecule has 0 aromatic heterocycles. The first-order chi connectivity index (χ1) is 23.9. The maximum absolute atomic E-state index is 14.0. The van der Waals surface area contributed by atoms with E-state index in [0.717, 1.165) is 6.42 Å². The summed E-state index contributed by atoms with van der Waals surface area (Å²) in [6.07, 6.45) is -2.86. The topological polar surface area (TPSA) is 206 Å². The number of carbonyl (C=O) groups excluding carboxylic acids is 3. The molecule has 15 nitrogen and oxygen atoms in total. The van der Waals surface area contributed by atoms with Gasteiger partial charge in [0.15, 0.2) is 12.1 Å². The predicted molar refractivity (Wildman–Crippen MR) is 173 cm³/mol. The van der Waals surface area contributed by atoms with Crippen molar-refractivity contribution >= 4 is 23.2 Å². The van der Waals surface area contributed by atoms with E-state index in [1.54, 1.807) is 0 Å². The van der Waals surface area contributed by atoms with Crippen LogP contribution in [0.4, 0.5) is 0 Å². The number of phenolic OH excluding ortho intramolecular Hbond substituents is 2. The second-order valence-electron chi connectivity index (χ2n) is 13.4. The van der Waals surface area contributed by atoms with Gasteiger partial charge < -0.3 is 44.1 Å². The van der Waals surface area contributed by atoms with Crippen molar-refractivity contribution in [3.63, 3.8) is 0 Å². The molecule has 5 aliphatic rings. The first-order valence-electron chi connectivity index (χ1n) is 16.8. The average molecular weight is 696 g/mol. The number of nitrogens with one attached hydrogen (secondary N) is 1. The summed E-state index contributed by atoms with van der Waals surface area (Å²) in [7, 11) is 1.35. The van der Waals surface area contributed by atoms with Crippen LogP contribution in [0.2, 0.25) is 0 Å². The van der Waals surface area contributed by atoms with Gasteiger partial charge in [0.2, 0.25) is 11.7 Å². The molecule has 2 aromatic carbocycles. The molecule has 7 rings (SSSR count). The maximum atomic E-state index is 14.0. The molecule has 268 valence electrons. The van der Waals surface area contributed by atoms with Crippen LogP contribution < -0.4 is 10.2 Å². The van der Waals surface area contributed by atoms with Crippen LogP contribution >= 0.6 is 0 Å². The molecule has 0 spiro atoms. The molecule has 8 atom stereocenters. The maximum Gasteiger partial charge on any atom is 0.236 e. The van der Waals surface area contributed by atoms with E-state index in [2.05, 4.69) is 15.4 Å². The molecule has 2 aliphatic carbocycles. The third-order valence-corrected chi connectivity index (χ3v) is 10.5. The second-order valence-corrected chi connectivity index (χ2v) is 13.4. The van der Waals surface area contributed by atoms with Gasteiger partial charge in [-0.25, -0.2) is 5.43 Å². The number of fused-ring (bicyclic) bond motifs is 6. The lowest BCUT2D eigenvalue weighted by Gasteiger charge is -2.44. The van der Waals surface area contributed by atoms with Crippen molar-refractivity contribution in [1.82, 2.24) is 10.3 Å². The molecule has 15 heteroatoms. The van der Waals surface area contributed by atoms with Crippen LogP contribution in [-0.2, 0) is 30.2 Å². The largest absolute Gasteiger partial charge is 0.507 e. The number of aliphatic hydroxyl groups is 2. The number of hydrogen-bond donors (Lipinski definition) is 5. The van der Waals surface area contributed by atoms with E-state index >= 15 is 0 Å². The Kier molecular flexibility index (Phi) is 8.95. The summed E-state index contributed by atoms with van der Waals surface area (Å²) < 4.78 is 30.6. The Balaban J connectivity index is 1.32. The van der Waals surface area contributed by atoms with E-state index in [4.69, 9.17) is 23.7 Å². The molecular weight excluding hydrogens is 654 g/mol. The molecule has 50 heavy (non-hydrogen) atoms. The summed E-state index contributed by atoms with van der Waals surface area (Å²) in [5.74, 6) is -3.12. The normalized spacial score (nSPS) is 32.0. The van der Waals surface area contributed by atoms with Gasteiger partial charge in [-0.15, -0.1) is 0 Å². The second kappa shape index (κ2) is 13.0. The number of hydrogen-bond acceptors (Lipinski definition) is 14. The number of rotatable bonds is 7. The van der Waals surface area contributed by atoms with E-state index < -0.39 is 77.2 Å². The third-order valence-electron chi connectivity index (χ3n) is 10.5. The highest BCUT2D eigenvalue weighted by Crippen LogP contribution is 2.53. The van der Waals surface area contributed by atoms with Gasteiger partial charge in [0, 0.05) is 55.5 Å². The van der Waals surface area contributed by atoms with Crippen molar-refractivity contribution in [1.29, 1.82) is 0 Å². The SMILES string of the molecule is CC[C@H]1OCCN2[C@@H]1O[C@@H]1[C@H](C)O[C@@H](O[C@H]3C[C@](O)(/C(CO)=N/NC(C)=O)Cc4c(O)c5c(c(O)c43)C(=O)c3c(OC)cccc3C5=O)C[C@@H]12. The van der Waals surface area contributed by atoms with E-state index in [0.29, 0.717) is 19.6 Å². The Morgan fingerprint density at radius 3 is 2.60 bits per heavy atom. The molecule has 3 fully saturated rings. The van der Waals surface area contributed by atoms with Crippen LogP contribution in [0.15, 0.2) is 23.3 Å². The molecule has 0 unspecified atom stereocenters. The number of benzene rings is 2. The van der Waals surface area contributed by atoms with Crippen molar-refractivity contribution in [2.24, 2.45) is 5.10 Å². The quantitative estimate of drug-likeness (QED) is 0.135. The highest BCUT2D eigenvalue weighted by molar-refractivity contribution is 6.31. The van der Waals surface area contributed by atoms with Gasteiger partial charge in [0.05, 0.1) is 61.0 Å². The number of ketones is 2. The molecule has 2 aromatic rings. The summed E-state index contributed by atoms with van der Waals surface area (Å²) in [4.78, 5) is 41.9. The lowest BCUT2D eigenvalue weighted by atomic mass is 9.71. The van der Waals surface area contributed by atoms with Crippen molar-refractivity contribution in [3.05, 3.63) is 51.6 Å². The molecule has 1 amide bonds. The van der Waals surface area contributed by atoms with Crippen molar-refractivity contribution in [2.75, 3.05) is 26.9 Å². The third kappa shape index (κ3) is 5.39. The zero-order valence-electron chi connectivity index (χ0n) is 28.2. The van der Waals surface area contributed by atoms with E-state index in [-0.39, 0.29) is 64.6 Å². The first-order valence-corrected chi connectivity index (χ1v) is 16.8. The molecule has 0 bridgehead atoms. The number of methoxy groups -OCH3 is 1. The fraction of sp³-hybridized carbons (Fsp3) is 0.543. The standard InChI is InChI=1S/C35H41N3O12/c1-5-20-34-38(9-10-47-20)19-11-24(48-15(2)33(19)50-34)49-22-13-35(45,23(14-39)37-36-16(3)40)12-18-26(22)32(44)28-27(30(18)42)29(41)17-7-6-8-21(46-4)25(17)31(28)43/h6-8,15,19-20,22,24,33-34,39,42,44-45H,5,9-14H2,1-4H3,(H,36,40)/b37-23+/t15-,19-,20+,22-,24-,33+,34+,35-/m0/s1. The van der Waals surface area contributed by atoms with Crippen LogP contribution in [0.1, 0.15) is 89.1 Å². The summed E-state index contributed by atoms with van der Waals surface area (Å²) >= 11 is 0. The van der Waals surface area contributed by atoms with Crippen LogP contribution in [0.3, 0.4) is 0 Å². The molecular formula is C35H41N3O12.